The van der Waals surface area contributed by atoms with E-state index in [-0.39, 0.29) is 6.04 Å². The standard InChI is InChI=1S/C11H15N5O2/c1-3-4-7(12)11-13-10(16-18-11)8-5-6-9(17-2)15-14-8/h5-7H,3-4,12H2,1-2H3. The molecule has 0 aliphatic carbocycles. The van der Waals surface area contributed by atoms with Crippen molar-refractivity contribution in [2.24, 2.45) is 5.73 Å². The molecule has 7 heteroatoms. The lowest BCUT2D eigenvalue weighted by Crippen LogP contribution is -2.09. The Kier molecular flexibility index (Phi) is 3.83. The van der Waals surface area contributed by atoms with Crippen LogP contribution in [0.1, 0.15) is 31.7 Å². The number of nitrogens with zero attached hydrogens (tertiary/aromatic N) is 4. The summed E-state index contributed by atoms with van der Waals surface area (Å²) >= 11 is 0. The fourth-order valence-electron chi connectivity index (χ4n) is 1.47. The second kappa shape index (κ2) is 5.54. The Morgan fingerprint density at radius 3 is 2.83 bits per heavy atom. The number of hydrogen-bond donors (Lipinski definition) is 1. The van der Waals surface area contributed by atoms with E-state index in [1.54, 1.807) is 12.1 Å². The molecule has 0 saturated heterocycles. The molecule has 0 fully saturated rings. The molecular weight excluding hydrogens is 234 g/mol. The summed E-state index contributed by atoms with van der Waals surface area (Å²) in [5.41, 5.74) is 6.41. The Labute approximate surface area is 104 Å². The molecular formula is C11H15N5O2. The Bertz CT molecular complexity index is 496. The smallest absolute Gasteiger partial charge is 0.243 e. The zero-order chi connectivity index (χ0) is 13.0. The molecule has 0 radical (unpaired) electrons. The molecule has 2 N–H and O–H groups in total. The molecule has 0 aliphatic rings. The molecule has 2 aromatic heterocycles. The molecule has 0 aromatic carbocycles. The Morgan fingerprint density at radius 1 is 1.39 bits per heavy atom. The van der Waals surface area contributed by atoms with Crippen LogP contribution < -0.4 is 10.5 Å². The predicted octanol–water partition coefficient (Wildman–Crippen LogP) is 1.34. The molecule has 2 rings (SSSR count). The predicted molar refractivity (Wildman–Crippen MR) is 63.7 cm³/mol. The average molecular weight is 249 g/mol. The van der Waals surface area contributed by atoms with Crippen LogP contribution in [0.2, 0.25) is 0 Å². The number of methoxy groups -OCH3 is 1. The van der Waals surface area contributed by atoms with Crippen molar-refractivity contribution in [1.82, 2.24) is 20.3 Å². The Morgan fingerprint density at radius 2 is 2.22 bits per heavy atom. The van der Waals surface area contributed by atoms with Gasteiger partial charge in [0.2, 0.25) is 17.6 Å². The summed E-state index contributed by atoms with van der Waals surface area (Å²) in [6.45, 7) is 2.05. The van der Waals surface area contributed by atoms with Crippen LogP contribution in [0.4, 0.5) is 0 Å². The van der Waals surface area contributed by atoms with Crippen LogP contribution in [0.5, 0.6) is 5.88 Å². The lowest BCUT2D eigenvalue weighted by atomic mass is 10.2. The lowest BCUT2D eigenvalue weighted by molar-refractivity contribution is 0.348. The maximum atomic E-state index is 5.89. The van der Waals surface area contributed by atoms with E-state index in [1.807, 2.05) is 6.92 Å². The highest BCUT2D eigenvalue weighted by atomic mass is 16.5. The van der Waals surface area contributed by atoms with E-state index in [0.717, 1.165) is 12.8 Å². The minimum absolute atomic E-state index is 0.234. The van der Waals surface area contributed by atoms with E-state index in [2.05, 4.69) is 20.3 Å². The number of aromatic nitrogens is 4. The van der Waals surface area contributed by atoms with Crippen molar-refractivity contribution < 1.29 is 9.26 Å². The lowest BCUT2D eigenvalue weighted by Gasteiger charge is -2.02. The van der Waals surface area contributed by atoms with Crippen molar-refractivity contribution in [2.75, 3.05) is 7.11 Å². The topological polar surface area (TPSA) is 100.0 Å². The van der Waals surface area contributed by atoms with Crippen LogP contribution in [0.15, 0.2) is 16.7 Å². The molecule has 0 aliphatic heterocycles. The van der Waals surface area contributed by atoms with Crippen LogP contribution in [-0.4, -0.2) is 27.4 Å². The van der Waals surface area contributed by atoms with Gasteiger partial charge in [0.15, 0.2) is 0 Å². The van der Waals surface area contributed by atoms with E-state index < -0.39 is 0 Å². The summed E-state index contributed by atoms with van der Waals surface area (Å²) in [4.78, 5) is 4.21. The van der Waals surface area contributed by atoms with Crippen LogP contribution in [0.25, 0.3) is 11.5 Å². The maximum absolute atomic E-state index is 5.89. The molecule has 96 valence electrons. The van der Waals surface area contributed by atoms with Gasteiger partial charge in [0.25, 0.3) is 0 Å². The Balaban J connectivity index is 2.18. The Hall–Kier alpha value is -2.02. The quantitative estimate of drug-likeness (QED) is 0.853. The van der Waals surface area contributed by atoms with Crippen molar-refractivity contribution >= 4 is 0 Å². The minimum Gasteiger partial charge on any atom is -0.480 e. The number of rotatable bonds is 5. The second-order valence-electron chi connectivity index (χ2n) is 3.81. The number of nitrogens with two attached hydrogens (primary N) is 1. The third-order valence-electron chi connectivity index (χ3n) is 2.44. The van der Waals surface area contributed by atoms with Crippen molar-refractivity contribution in [1.29, 1.82) is 0 Å². The molecule has 1 unspecified atom stereocenters. The van der Waals surface area contributed by atoms with Crippen molar-refractivity contribution in [3.05, 3.63) is 18.0 Å². The highest BCUT2D eigenvalue weighted by Gasteiger charge is 2.15. The third-order valence-corrected chi connectivity index (χ3v) is 2.44. The molecule has 0 bridgehead atoms. The first kappa shape index (κ1) is 12.4. The molecule has 0 amide bonds. The van der Waals surface area contributed by atoms with Gasteiger partial charge in [0.05, 0.1) is 13.2 Å². The zero-order valence-corrected chi connectivity index (χ0v) is 10.3. The maximum Gasteiger partial charge on any atom is 0.243 e. The highest BCUT2D eigenvalue weighted by molar-refractivity contribution is 5.47. The molecule has 0 saturated carbocycles. The van der Waals surface area contributed by atoms with Gasteiger partial charge in [0, 0.05) is 6.07 Å². The molecule has 2 heterocycles. The first-order valence-electron chi connectivity index (χ1n) is 5.72. The van der Waals surface area contributed by atoms with Gasteiger partial charge in [-0.1, -0.05) is 18.5 Å². The van der Waals surface area contributed by atoms with Crippen LogP contribution in [0.3, 0.4) is 0 Å². The molecule has 1 atom stereocenters. The van der Waals surface area contributed by atoms with E-state index in [9.17, 15) is 0 Å². The van der Waals surface area contributed by atoms with E-state index in [0.29, 0.717) is 23.3 Å². The summed E-state index contributed by atoms with van der Waals surface area (Å²) < 4.78 is 10.0. The molecule has 0 spiro atoms. The van der Waals surface area contributed by atoms with Gasteiger partial charge in [-0.25, -0.2) is 0 Å². The summed E-state index contributed by atoms with van der Waals surface area (Å²) in [5.74, 6) is 1.24. The minimum atomic E-state index is -0.234. The normalized spacial score (nSPS) is 12.4. The summed E-state index contributed by atoms with van der Waals surface area (Å²) in [6, 6.07) is 3.17. The van der Waals surface area contributed by atoms with E-state index in [1.165, 1.54) is 7.11 Å². The van der Waals surface area contributed by atoms with Gasteiger partial charge in [-0.2, -0.15) is 4.98 Å². The van der Waals surface area contributed by atoms with Crippen LogP contribution in [-0.2, 0) is 0 Å². The largest absolute Gasteiger partial charge is 0.480 e. The van der Waals surface area contributed by atoms with Gasteiger partial charge in [0.1, 0.15) is 5.69 Å². The van der Waals surface area contributed by atoms with Gasteiger partial charge in [-0.05, 0) is 12.5 Å². The van der Waals surface area contributed by atoms with Gasteiger partial charge < -0.3 is 15.0 Å². The summed E-state index contributed by atoms with van der Waals surface area (Å²) in [7, 11) is 1.53. The van der Waals surface area contributed by atoms with Gasteiger partial charge in [-0.3, -0.25) is 0 Å². The van der Waals surface area contributed by atoms with Crippen LogP contribution in [0, 0.1) is 0 Å². The highest BCUT2D eigenvalue weighted by Crippen LogP contribution is 2.18. The molecule has 18 heavy (non-hydrogen) atoms. The first-order chi connectivity index (χ1) is 8.74. The van der Waals surface area contributed by atoms with E-state index in [4.69, 9.17) is 15.0 Å². The summed E-state index contributed by atoms with van der Waals surface area (Å²) in [5, 5.41) is 11.6. The van der Waals surface area contributed by atoms with Crippen LogP contribution >= 0.6 is 0 Å². The van der Waals surface area contributed by atoms with E-state index >= 15 is 0 Å². The summed E-state index contributed by atoms with van der Waals surface area (Å²) in [6.07, 6.45) is 1.76. The number of ether oxygens (including phenoxy) is 1. The first-order valence-corrected chi connectivity index (χ1v) is 5.72. The third kappa shape index (κ3) is 2.62. The second-order valence-corrected chi connectivity index (χ2v) is 3.81. The van der Waals surface area contributed by atoms with Gasteiger partial charge >= 0.3 is 0 Å². The van der Waals surface area contributed by atoms with Crippen molar-refractivity contribution in [3.63, 3.8) is 0 Å². The van der Waals surface area contributed by atoms with Gasteiger partial charge in [-0.15, -0.1) is 10.2 Å². The zero-order valence-electron chi connectivity index (χ0n) is 10.3. The fraction of sp³-hybridized carbons (Fsp3) is 0.455. The SMILES string of the molecule is CCCC(N)c1nc(-c2ccc(OC)nn2)no1. The fourth-order valence-corrected chi connectivity index (χ4v) is 1.47. The average Bonchev–Trinajstić information content (AvgIpc) is 2.89. The monoisotopic (exact) mass is 249 g/mol. The molecule has 7 nitrogen and oxygen atoms in total. The number of hydrogen-bond acceptors (Lipinski definition) is 7. The molecule has 2 aromatic rings. The van der Waals surface area contributed by atoms with Crippen molar-refractivity contribution in [2.45, 2.75) is 25.8 Å². The van der Waals surface area contributed by atoms with Crippen molar-refractivity contribution in [3.8, 4) is 17.4 Å².